The third-order valence-corrected chi connectivity index (χ3v) is 5.95. The highest BCUT2D eigenvalue weighted by Crippen LogP contribution is 2.35. The smallest absolute Gasteiger partial charge is 0.325 e. The van der Waals surface area contributed by atoms with E-state index in [1.54, 1.807) is 0 Å². The molecule has 1 aliphatic heterocycles. The highest BCUT2D eigenvalue weighted by molar-refractivity contribution is 6.07. The van der Waals surface area contributed by atoms with Gasteiger partial charge in [0, 0.05) is 19.0 Å². The van der Waals surface area contributed by atoms with Crippen molar-refractivity contribution < 1.29 is 14.4 Å². The fraction of sp³-hybridized carbons (Fsp3) is 0.833. The molecule has 1 saturated heterocycles. The lowest BCUT2D eigenvalue weighted by Gasteiger charge is -2.29. The van der Waals surface area contributed by atoms with Crippen molar-refractivity contribution in [3.63, 3.8) is 0 Å². The molecule has 24 heavy (non-hydrogen) atoms. The molecule has 2 aliphatic carbocycles. The first-order valence-corrected chi connectivity index (χ1v) is 9.45. The molecule has 6 nitrogen and oxygen atoms in total. The lowest BCUT2D eigenvalue weighted by atomic mass is 9.86. The topological polar surface area (TPSA) is 78.5 Å². The molecule has 3 aliphatic rings. The highest BCUT2D eigenvalue weighted by Gasteiger charge is 2.52. The summed E-state index contributed by atoms with van der Waals surface area (Å²) in [4.78, 5) is 38.0. The number of rotatable bonds is 5. The summed E-state index contributed by atoms with van der Waals surface area (Å²) in [6, 6.07) is -0.00654. The minimum absolute atomic E-state index is 0.0383. The van der Waals surface area contributed by atoms with Gasteiger partial charge in [0.15, 0.2) is 0 Å². The zero-order chi connectivity index (χ0) is 17.2. The highest BCUT2D eigenvalue weighted by atomic mass is 16.2. The second kappa shape index (κ2) is 7.11. The molecule has 6 heteroatoms. The quantitative estimate of drug-likeness (QED) is 0.757. The van der Waals surface area contributed by atoms with Gasteiger partial charge in [-0.3, -0.25) is 14.5 Å². The number of nitrogens with one attached hydrogen (secondary N) is 2. The lowest BCUT2D eigenvalue weighted by molar-refractivity contribution is -0.131. The average molecular weight is 335 g/mol. The van der Waals surface area contributed by atoms with E-state index in [1.807, 2.05) is 0 Å². The summed E-state index contributed by atoms with van der Waals surface area (Å²) in [7, 11) is 0. The van der Waals surface area contributed by atoms with Crippen molar-refractivity contribution >= 4 is 17.8 Å². The van der Waals surface area contributed by atoms with Gasteiger partial charge in [0.05, 0.1) is 0 Å². The zero-order valence-electron chi connectivity index (χ0n) is 14.6. The molecule has 4 amide bonds. The van der Waals surface area contributed by atoms with Crippen LogP contribution in [0.5, 0.6) is 0 Å². The minimum Gasteiger partial charge on any atom is -0.353 e. The maximum absolute atomic E-state index is 12.5. The molecule has 2 saturated carbocycles. The molecule has 0 aromatic carbocycles. The van der Waals surface area contributed by atoms with Crippen molar-refractivity contribution in [2.45, 2.75) is 82.7 Å². The van der Waals surface area contributed by atoms with E-state index in [0.29, 0.717) is 25.3 Å². The van der Waals surface area contributed by atoms with Crippen molar-refractivity contribution in [3.8, 4) is 0 Å². The van der Waals surface area contributed by atoms with Gasteiger partial charge in [0.25, 0.3) is 5.91 Å². The van der Waals surface area contributed by atoms with Gasteiger partial charge < -0.3 is 10.6 Å². The van der Waals surface area contributed by atoms with E-state index in [-0.39, 0.29) is 23.9 Å². The summed E-state index contributed by atoms with van der Waals surface area (Å²) in [5.74, 6) is 0.485. The predicted octanol–water partition coefficient (Wildman–Crippen LogP) is 2.33. The van der Waals surface area contributed by atoms with Gasteiger partial charge in [-0.1, -0.05) is 32.6 Å². The van der Waals surface area contributed by atoms with Gasteiger partial charge in [0.2, 0.25) is 5.91 Å². The molecular weight excluding hydrogens is 306 g/mol. The first-order valence-electron chi connectivity index (χ1n) is 9.45. The van der Waals surface area contributed by atoms with E-state index in [1.165, 1.54) is 24.2 Å². The van der Waals surface area contributed by atoms with Crippen molar-refractivity contribution in [1.29, 1.82) is 0 Å². The third-order valence-electron chi connectivity index (χ3n) is 5.95. The standard InChI is InChI=1S/C18H29N3O3/c1-13-7-2-3-8-14(13)19-15(22)9-6-12-21-16(23)18(20-17(21)24)10-4-5-11-18/h13-14H,2-12H2,1H3,(H,19,22)(H,20,24)/t13-,14-/m1/s1. The number of imide groups is 1. The van der Waals surface area contributed by atoms with Crippen LogP contribution in [0, 0.1) is 5.92 Å². The number of carbonyl (C=O) groups is 3. The average Bonchev–Trinajstić information content (AvgIpc) is 3.10. The Kier molecular flexibility index (Phi) is 5.11. The molecule has 0 unspecified atom stereocenters. The van der Waals surface area contributed by atoms with Crippen molar-refractivity contribution in [1.82, 2.24) is 15.5 Å². The molecule has 3 fully saturated rings. The molecule has 0 bridgehead atoms. The Bertz CT molecular complexity index is 514. The van der Waals surface area contributed by atoms with Crippen LogP contribution in [0.25, 0.3) is 0 Å². The van der Waals surface area contributed by atoms with E-state index in [4.69, 9.17) is 0 Å². The number of hydrogen-bond donors (Lipinski definition) is 2. The van der Waals surface area contributed by atoms with Crippen molar-refractivity contribution in [2.75, 3.05) is 6.54 Å². The Morgan fingerprint density at radius 2 is 1.92 bits per heavy atom. The van der Waals surface area contributed by atoms with Crippen LogP contribution >= 0.6 is 0 Å². The molecule has 134 valence electrons. The maximum Gasteiger partial charge on any atom is 0.325 e. The fourth-order valence-corrected chi connectivity index (χ4v) is 4.40. The number of carbonyl (C=O) groups excluding carboxylic acids is 3. The summed E-state index contributed by atoms with van der Waals surface area (Å²) in [5, 5.41) is 6.00. The number of nitrogens with zero attached hydrogens (tertiary/aromatic N) is 1. The molecule has 2 N–H and O–H groups in total. The van der Waals surface area contributed by atoms with Gasteiger partial charge in [-0.15, -0.1) is 0 Å². The van der Waals surface area contributed by atoms with Gasteiger partial charge in [-0.25, -0.2) is 4.79 Å². The monoisotopic (exact) mass is 335 g/mol. The van der Waals surface area contributed by atoms with Crippen LogP contribution in [-0.4, -0.2) is 40.9 Å². The second-order valence-electron chi connectivity index (χ2n) is 7.72. The number of hydrogen-bond acceptors (Lipinski definition) is 3. The molecule has 2 atom stereocenters. The van der Waals surface area contributed by atoms with Gasteiger partial charge in [0.1, 0.15) is 5.54 Å². The van der Waals surface area contributed by atoms with E-state index >= 15 is 0 Å². The van der Waals surface area contributed by atoms with Crippen molar-refractivity contribution in [3.05, 3.63) is 0 Å². The van der Waals surface area contributed by atoms with Gasteiger partial charge in [-0.2, -0.15) is 0 Å². The number of amides is 4. The van der Waals surface area contributed by atoms with Crippen LogP contribution in [0.2, 0.25) is 0 Å². The molecule has 1 spiro atoms. The lowest BCUT2D eigenvalue weighted by Crippen LogP contribution is -2.44. The van der Waals surface area contributed by atoms with E-state index < -0.39 is 5.54 Å². The molecular formula is C18H29N3O3. The van der Waals surface area contributed by atoms with Crippen LogP contribution in [0.3, 0.4) is 0 Å². The first kappa shape index (κ1) is 17.2. The number of urea groups is 1. The summed E-state index contributed by atoms with van der Waals surface area (Å²) in [6.07, 6.45) is 9.03. The van der Waals surface area contributed by atoms with Gasteiger partial charge in [-0.05, 0) is 38.0 Å². The largest absolute Gasteiger partial charge is 0.353 e. The summed E-state index contributed by atoms with van der Waals surface area (Å²) >= 11 is 0. The van der Waals surface area contributed by atoms with Gasteiger partial charge >= 0.3 is 6.03 Å². The van der Waals surface area contributed by atoms with Crippen molar-refractivity contribution in [2.24, 2.45) is 5.92 Å². The Morgan fingerprint density at radius 3 is 2.62 bits per heavy atom. The van der Waals surface area contributed by atoms with Crippen LogP contribution in [0.1, 0.15) is 71.1 Å². The predicted molar refractivity (Wildman–Crippen MR) is 90.2 cm³/mol. The molecule has 0 radical (unpaired) electrons. The molecule has 0 aromatic rings. The molecule has 3 rings (SSSR count). The molecule has 1 heterocycles. The normalized spacial score (nSPS) is 29.1. The first-order chi connectivity index (χ1) is 11.5. The fourth-order valence-electron chi connectivity index (χ4n) is 4.40. The van der Waals surface area contributed by atoms with E-state index in [0.717, 1.165) is 32.1 Å². The Morgan fingerprint density at radius 1 is 1.21 bits per heavy atom. The molecule has 0 aromatic heterocycles. The van der Waals surface area contributed by atoms with Crippen LogP contribution in [0.4, 0.5) is 4.79 Å². The van der Waals surface area contributed by atoms with E-state index in [9.17, 15) is 14.4 Å². The zero-order valence-corrected chi connectivity index (χ0v) is 14.6. The Balaban J connectivity index is 1.43. The summed E-state index contributed by atoms with van der Waals surface area (Å²) in [6.45, 7) is 2.53. The van der Waals surface area contributed by atoms with Crippen LogP contribution in [-0.2, 0) is 9.59 Å². The summed E-state index contributed by atoms with van der Waals surface area (Å²) < 4.78 is 0. The second-order valence-corrected chi connectivity index (χ2v) is 7.72. The third kappa shape index (κ3) is 3.42. The Hall–Kier alpha value is -1.59. The maximum atomic E-state index is 12.5. The van der Waals surface area contributed by atoms with Crippen LogP contribution < -0.4 is 10.6 Å². The summed E-state index contributed by atoms with van der Waals surface area (Å²) in [5.41, 5.74) is -0.642. The van der Waals surface area contributed by atoms with Crippen LogP contribution in [0.15, 0.2) is 0 Å². The Labute approximate surface area is 143 Å². The SMILES string of the molecule is C[C@@H]1CCCC[C@H]1NC(=O)CCCN1C(=O)NC2(CCCC2)C1=O. The minimum atomic E-state index is -0.642. The van der Waals surface area contributed by atoms with E-state index in [2.05, 4.69) is 17.6 Å².